The molecular formula is C12H16O5S2. The molecule has 0 N–H and O–H groups in total. The van der Waals surface area contributed by atoms with Crippen molar-refractivity contribution in [1.29, 1.82) is 0 Å². The standard InChI is InChI=1S/C12H16O5S2/c1-17-12(14)6-9-19(15,16)8-3-4-10(13)11-5-2-7-18-11/h2,5,7H,3-4,6,8-9H2,1H3. The van der Waals surface area contributed by atoms with Crippen molar-refractivity contribution in [3.05, 3.63) is 22.4 Å². The molecule has 0 aliphatic carbocycles. The predicted octanol–water partition coefficient (Wildman–Crippen LogP) is 1.69. The molecule has 0 aliphatic heterocycles. The topological polar surface area (TPSA) is 77.5 Å². The molecule has 5 nitrogen and oxygen atoms in total. The van der Waals surface area contributed by atoms with E-state index in [0.717, 1.165) is 0 Å². The summed E-state index contributed by atoms with van der Waals surface area (Å²) in [5, 5.41) is 1.81. The maximum Gasteiger partial charge on any atom is 0.306 e. The molecule has 1 rings (SSSR count). The van der Waals surface area contributed by atoms with E-state index < -0.39 is 15.8 Å². The van der Waals surface area contributed by atoms with Crippen LogP contribution >= 0.6 is 11.3 Å². The van der Waals surface area contributed by atoms with Gasteiger partial charge in [-0.05, 0) is 17.9 Å². The second-order valence-electron chi connectivity index (χ2n) is 3.98. The van der Waals surface area contributed by atoms with Crippen LogP contribution in [0.3, 0.4) is 0 Å². The molecule has 106 valence electrons. The Morgan fingerprint density at radius 3 is 2.58 bits per heavy atom. The van der Waals surface area contributed by atoms with Crippen molar-refractivity contribution in [1.82, 2.24) is 0 Å². The summed E-state index contributed by atoms with van der Waals surface area (Å²) in [5.74, 6) is -0.898. The summed E-state index contributed by atoms with van der Waals surface area (Å²) in [6.07, 6.45) is 0.343. The first-order valence-electron chi connectivity index (χ1n) is 5.78. The van der Waals surface area contributed by atoms with Gasteiger partial charge < -0.3 is 4.74 Å². The average Bonchev–Trinajstić information content (AvgIpc) is 2.89. The largest absolute Gasteiger partial charge is 0.469 e. The molecule has 1 aromatic rings. The van der Waals surface area contributed by atoms with E-state index in [1.165, 1.54) is 18.4 Å². The van der Waals surface area contributed by atoms with E-state index in [1.807, 2.05) is 0 Å². The highest BCUT2D eigenvalue weighted by Crippen LogP contribution is 2.13. The van der Waals surface area contributed by atoms with Crippen molar-refractivity contribution in [3.63, 3.8) is 0 Å². The van der Waals surface area contributed by atoms with Gasteiger partial charge in [0.2, 0.25) is 0 Å². The van der Waals surface area contributed by atoms with Gasteiger partial charge in [0.05, 0.1) is 29.9 Å². The molecule has 0 unspecified atom stereocenters. The number of thiophene rings is 1. The number of ketones is 1. The molecule has 1 heterocycles. The lowest BCUT2D eigenvalue weighted by molar-refractivity contribution is -0.140. The first kappa shape index (κ1) is 15.8. The van der Waals surface area contributed by atoms with Crippen molar-refractivity contribution in [2.45, 2.75) is 19.3 Å². The van der Waals surface area contributed by atoms with E-state index in [4.69, 9.17) is 0 Å². The Labute approximate surface area is 116 Å². The minimum Gasteiger partial charge on any atom is -0.469 e. The van der Waals surface area contributed by atoms with Crippen LogP contribution < -0.4 is 0 Å². The molecule has 0 saturated carbocycles. The highest BCUT2D eigenvalue weighted by Gasteiger charge is 2.15. The lowest BCUT2D eigenvalue weighted by Gasteiger charge is -2.03. The first-order valence-corrected chi connectivity index (χ1v) is 8.48. The number of methoxy groups -OCH3 is 1. The van der Waals surface area contributed by atoms with Gasteiger partial charge in [0.1, 0.15) is 0 Å². The number of esters is 1. The summed E-state index contributed by atoms with van der Waals surface area (Å²) in [6.45, 7) is 0. The molecule has 0 atom stereocenters. The highest BCUT2D eigenvalue weighted by atomic mass is 32.2. The number of ether oxygens (including phenoxy) is 1. The molecule has 7 heteroatoms. The molecule has 0 fully saturated rings. The molecular weight excluding hydrogens is 288 g/mol. The Hall–Kier alpha value is -1.21. The normalized spacial score (nSPS) is 11.2. The van der Waals surface area contributed by atoms with Crippen LogP contribution in [0, 0.1) is 0 Å². The molecule has 19 heavy (non-hydrogen) atoms. The van der Waals surface area contributed by atoms with Gasteiger partial charge in [-0.1, -0.05) is 6.07 Å². The Bertz CT molecular complexity index is 516. The summed E-state index contributed by atoms with van der Waals surface area (Å²) in [5.41, 5.74) is 0. The first-order chi connectivity index (χ1) is 8.94. The Morgan fingerprint density at radius 2 is 2.00 bits per heavy atom. The van der Waals surface area contributed by atoms with E-state index in [2.05, 4.69) is 4.74 Å². The molecule has 0 spiro atoms. The van der Waals surface area contributed by atoms with Gasteiger partial charge in [0.25, 0.3) is 0 Å². The molecule has 1 aromatic heterocycles. The second kappa shape index (κ2) is 7.40. The number of carbonyl (C=O) groups excluding carboxylic acids is 2. The van der Waals surface area contributed by atoms with Crippen LogP contribution in [0.25, 0.3) is 0 Å². The zero-order valence-corrected chi connectivity index (χ0v) is 12.3. The maximum atomic E-state index is 11.6. The third-order valence-electron chi connectivity index (χ3n) is 2.50. The summed E-state index contributed by atoms with van der Waals surface area (Å²) in [4.78, 5) is 23.1. The van der Waals surface area contributed by atoms with Crippen molar-refractivity contribution >= 4 is 32.9 Å². The number of Topliss-reactive ketones (excluding diaryl/α,β-unsaturated/α-hetero) is 1. The lowest BCUT2D eigenvalue weighted by Crippen LogP contribution is -2.16. The van der Waals surface area contributed by atoms with Crippen LogP contribution in [0.15, 0.2) is 17.5 Å². The van der Waals surface area contributed by atoms with Gasteiger partial charge in [-0.15, -0.1) is 11.3 Å². The molecule has 0 saturated heterocycles. The van der Waals surface area contributed by atoms with E-state index >= 15 is 0 Å². The fraction of sp³-hybridized carbons (Fsp3) is 0.500. The van der Waals surface area contributed by atoms with Crippen molar-refractivity contribution in [3.8, 4) is 0 Å². The Balaban J connectivity index is 2.32. The number of sulfone groups is 1. The molecule has 0 bridgehead atoms. The number of hydrogen-bond acceptors (Lipinski definition) is 6. The fourth-order valence-electron chi connectivity index (χ4n) is 1.46. The monoisotopic (exact) mass is 304 g/mol. The molecule has 0 aliphatic rings. The van der Waals surface area contributed by atoms with E-state index in [1.54, 1.807) is 17.5 Å². The smallest absolute Gasteiger partial charge is 0.306 e. The van der Waals surface area contributed by atoms with Gasteiger partial charge in [-0.2, -0.15) is 0 Å². The summed E-state index contributed by atoms with van der Waals surface area (Å²) < 4.78 is 27.6. The predicted molar refractivity (Wildman–Crippen MR) is 73.2 cm³/mol. The average molecular weight is 304 g/mol. The van der Waals surface area contributed by atoms with Crippen molar-refractivity contribution in [2.24, 2.45) is 0 Å². The zero-order valence-electron chi connectivity index (χ0n) is 10.6. The lowest BCUT2D eigenvalue weighted by atomic mass is 10.2. The van der Waals surface area contributed by atoms with E-state index in [-0.39, 0.29) is 36.6 Å². The van der Waals surface area contributed by atoms with Crippen LogP contribution in [-0.2, 0) is 19.4 Å². The highest BCUT2D eigenvalue weighted by molar-refractivity contribution is 7.91. The fourth-order valence-corrected chi connectivity index (χ4v) is 3.42. The SMILES string of the molecule is COC(=O)CCS(=O)(=O)CCCC(=O)c1cccs1. The number of hydrogen-bond donors (Lipinski definition) is 0. The van der Waals surface area contributed by atoms with E-state index in [9.17, 15) is 18.0 Å². The molecule has 0 amide bonds. The van der Waals surface area contributed by atoms with Crippen molar-refractivity contribution in [2.75, 3.05) is 18.6 Å². The van der Waals surface area contributed by atoms with Crippen LogP contribution in [0.1, 0.15) is 28.9 Å². The molecule has 0 aromatic carbocycles. The van der Waals surface area contributed by atoms with Crippen LogP contribution in [-0.4, -0.2) is 38.8 Å². The number of carbonyl (C=O) groups is 2. The summed E-state index contributed by atoms with van der Waals surface area (Å²) in [7, 11) is -2.08. The molecule has 0 radical (unpaired) electrons. The minimum absolute atomic E-state index is 0.0434. The van der Waals surface area contributed by atoms with Crippen LogP contribution in [0.2, 0.25) is 0 Å². The van der Waals surface area contributed by atoms with Crippen LogP contribution in [0.4, 0.5) is 0 Å². The van der Waals surface area contributed by atoms with Gasteiger partial charge >= 0.3 is 5.97 Å². The van der Waals surface area contributed by atoms with Gasteiger partial charge in [-0.25, -0.2) is 8.42 Å². The zero-order chi connectivity index (χ0) is 14.3. The number of rotatable bonds is 8. The Morgan fingerprint density at radius 1 is 1.26 bits per heavy atom. The maximum absolute atomic E-state index is 11.6. The van der Waals surface area contributed by atoms with Gasteiger partial charge in [0, 0.05) is 6.42 Å². The second-order valence-corrected chi connectivity index (χ2v) is 7.23. The van der Waals surface area contributed by atoms with Gasteiger partial charge in [-0.3, -0.25) is 9.59 Å². The van der Waals surface area contributed by atoms with E-state index in [0.29, 0.717) is 4.88 Å². The summed E-state index contributed by atoms with van der Waals surface area (Å²) in [6, 6.07) is 3.50. The third-order valence-corrected chi connectivity index (χ3v) is 5.15. The van der Waals surface area contributed by atoms with Crippen molar-refractivity contribution < 1.29 is 22.7 Å². The Kier molecular flexibility index (Phi) is 6.17. The van der Waals surface area contributed by atoms with Crippen LogP contribution in [0.5, 0.6) is 0 Å². The third kappa shape index (κ3) is 5.98. The summed E-state index contributed by atoms with van der Waals surface area (Å²) >= 11 is 1.35. The van der Waals surface area contributed by atoms with Gasteiger partial charge in [0.15, 0.2) is 15.6 Å². The minimum atomic E-state index is -3.30. The quantitative estimate of drug-likeness (QED) is 0.539.